The van der Waals surface area contributed by atoms with E-state index in [-0.39, 0.29) is 5.91 Å². The number of benzene rings is 2. The number of rotatable bonds is 4. The smallest absolute Gasteiger partial charge is 0.261 e. The molecule has 0 spiro atoms. The maximum atomic E-state index is 12.6. The van der Waals surface area contributed by atoms with Gasteiger partial charge in [-0.2, -0.15) is 0 Å². The lowest BCUT2D eigenvalue weighted by Gasteiger charge is -2.16. The first kappa shape index (κ1) is 18.4. The van der Waals surface area contributed by atoms with Crippen LogP contribution >= 0.6 is 11.3 Å². The number of fused-ring (bicyclic) bond motifs is 2. The molecule has 29 heavy (non-hydrogen) atoms. The van der Waals surface area contributed by atoms with E-state index in [0.29, 0.717) is 5.92 Å². The zero-order chi connectivity index (χ0) is 20.0. The van der Waals surface area contributed by atoms with Crippen LogP contribution in [0.3, 0.4) is 0 Å². The number of amides is 1. The first-order chi connectivity index (χ1) is 14.2. The van der Waals surface area contributed by atoms with Gasteiger partial charge in [-0.1, -0.05) is 36.4 Å². The molecule has 4 aromatic rings. The van der Waals surface area contributed by atoms with Crippen molar-refractivity contribution in [3.05, 3.63) is 70.7 Å². The minimum absolute atomic E-state index is 0.0358. The topological polar surface area (TPSA) is 37.3 Å². The Morgan fingerprint density at radius 1 is 1.14 bits per heavy atom. The van der Waals surface area contributed by atoms with E-state index in [1.54, 1.807) is 18.4 Å². The van der Waals surface area contributed by atoms with Crippen molar-refractivity contribution in [1.82, 2.24) is 14.8 Å². The van der Waals surface area contributed by atoms with Gasteiger partial charge in [0, 0.05) is 54.9 Å². The lowest BCUT2D eigenvalue weighted by molar-refractivity contribution is 0.0966. The molecule has 1 N–H and O–H groups in total. The molecule has 148 valence electrons. The molecule has 2 aromatic carbocycles. The van der Waals surface area contributed by atoms with Crippen molar-refractivity contribution in [2.75, 3.05) is 20.1 Å². The number of nitrogens with zero attached hydrogens (tertiary/aromatic N) is 2. The third-order valence-corrected chi connectivity index (χ3v) is 7.31. The van der Waals surface area contributed by atoms with Crippen LogP contribution in [-0.2, 0) is 13.6 Å². The van der Waals surface area contributed by atoms with Crippen LogP contribution in [0.25, 0.3) is 21.0 Å². The van der Waals surface area contributed by atoms with Gasteiger partial charge in [0.2, 0.25) is 0 Å². The van der Waals surface area contributed by atoms with E-state index >= 15 is 0 Å². The number of thiophene rings is 1. The van der Waals surface area contributed by atoms with Crippen LogP contribution in [0.5, 0.6) is 0 Å². The predicted molar refractivity (Wildman–Crippen MR) is 121 cm³/mol. The Bertz CT molecular complexity index is 1210. The molecule has 1 fully saturated rings. The predicted octanol–water partition coefficient (Wildman–Crippen LogP) is 4.74. The molecular weight excluding hydrogens is 378 g/mol. The minimum Gasteiger partial charge on any atom is -0.354 e. The molecule has 1 aliphatic rings. The molecule has 1 amide bonds. The van der Waals surface area contributed by atoms with E-state index < -0.39 is 0 Å². The molecule has 1 saturated heterocycles. The van der Waals surface area contributed by atoms with Gasteiger partial charge in [-0.3, -0.25) is 9.69 Å². The number of hydrogen-bond donors (Lipinski definition) is 1. The van der Waals surface area contributed by atoms with Crippen molar-refractivity contribution in [2.24, 2.45) is 7.05 Å². The fourth-order valence-corrected chi connectivity index (χ4v) is 5.99. The molecule has 0 bridgehead atoms. The number of hydrogen-bond acceptors (Lipinski definition) is 3. The molecule has 2 aromatic heterocycles. The van der Waals surface area contributed by atoms with E-state index in [1.165, 1.54) is 32.1 Å². The maximum Gasteiger partial charge on any atom is 0.261 e. The summed E-state index contributed by atoms with van der Waals surface area (Å²) in [6, 6.07) is 17.0. The van der Waals surface area contributed by atoms with E-state index in [0.717, 1.165) is 30.9 Å². The van der Waals surface area contributed by atoms with Crippen molar-refractivity contribution in [1.29, 1.82) is 0 Å². The van der Waals surface area contributed by atoms with Crippen molar-refractivity contribution in [3.63, 3.8) is 0 Å². The van der Waals surface area contributed by atoms with Crippen molar-refractivity contribution in [3.8, 4) is 0 Å². The second kappa shape index (κ2) is 7.32. The first-order valence-corrected chi connectivity index (χ1v) is 11.0. The van der Waals surface area contributed by atoms with Crippen molar-refractivity contribution in [2.45, 2.75) is 18.9 Å². The van der Waals surface area contributed by atoms with Gasteiger partial charge in [0.25, 0.3) is 5.91 Å². The Kier molecular flexibility index (Phi) is 4.64. The van der Waals surface area contributed by atoms with Crippen LogP contribution in [0.15, 0.2) is 54.7 Å². The number of aryl methyl sites for hydroxylation is 1. The summed E-state index contributed by atoms with van der Waals surface area (Å²) in [7, 11) is 3.84. The summed E-state index contributed by atoms with van der Waals surface area (Å²) in [6.07, 6.45) is 3.35. The molecule has 0 aliphatic carbocycles. The van der Waals surface area contributed by atoms with Gasteiger partial charge in [-0.05, 0) is 41.6 Å². The summed E-state index contributed by atoms with van der Waals surface area (Å²) >= 11 is 1.62. The fraction of sp³-hybridized carbons (Fsp3) is 0.292. The Hall–Kier alpha value is -2.63. The summed E-state index contributed by atoms with van der Waals surface area (Å²) in [5, 5.41) is 5.42. The highest BCUT2D eigenvalue weighted by atomic mass is 32.1. The third-order valence-electron chi connectivity index (χ3n) is 6.12. The fourth-order valence-electron chi connectivity index (χ4n) is 4.76. The van der Waals surface area contributed by atoms with E-state index in [9.17, 15) is 4.79 Å². The van der Waals surface area contributed by atoms with Gasteiger partial charge in [-0.15, -0.1) is 11.3 Å². The molecule has 0 unspecified atom stereocenters. The normalized spacial score (nSPS) is 17.4. The average Bonchev–Trinajstić information content (AvgIpc) is 3.44. The van der Waals surface area contributed by atoms with Gasteiger partial charge in [0.15, 0.2) is 0 Å². The molecule has 5 heteroatoms. The number of likely N-dealkylation sites (tertiary alicyclic amines) is 1. The molecule has 0 saturated carbocycles. The summed E-state index contributed by atoms with van der Waals surface area (Å²) in [5.41, 5.74) is 3.90. The zero-order valence-corrected chi connectivity index (χ0v) is 17.6. The number of nitrogens with one attached hydrogen (secondary N) is 1. The van der Waals surface area contributed by atoms with Crippen LogP contribution in [-0.4, -0.2) is 35.5 Å². The second-order valence-corrected chi connectivity index (χ2v) is 8.98. The lowest BCUT2D eigenvalue weighted by Crippen LogP contribution is -2.21. The molecule has 0 radical (unpaired) electrons. The van der Waals surface area contributed by atoms with Crippen LogP contribution in [0.1, 0.15) is 33.1 Å². The highest BCUT2D eigenvalue weighted by Crippen LogP contribution is 2.40. The van der Waals surface area contributed by atoms with E-state index in [1.807, 2.05) is 0 Å². The summed E-state index contributed by atoms with van der Waals surface area (Å²) < 4.78 is 3.42. The summed E-state index contributed by atoms with van der Waals surface area (Å²) in [4.78, 5) is 16.0. The average molecular weight is 404 g/mol. The van der Waals surface area contributed by atoms with Crippen molar-refractivity contribution < 1.29 is 4.79 Å². The number of para-hydroxylation sites is 1. The van der Waals surface area contributed by atoms with Crippen molar-refractivity contribution >= 4 is 38.2 Å². The highest BCUT2D eigenvalue weighted by Gasteiger charge is 2.30. The highest BCUT2D eigenvalue weighted by molar-refractivity contribution is 7.21. The number of carbonyl (C=O) groups excluding carboxylic acids is 1. The summed E-state index contributed by atoms with van der Waals surface area (Å²) in [6.45, 7) is 3.01. The van der Waals surface area contributed by atoms with E-state index in [2.05, 4.69) is 76.6 Å². The number of aromatic nitrogens is 1. The van der Waals surface area contributed by atoms with Crippen LogP contribution in [0, 0.1) is 0 Å². The Labute approximate surface area is 174 Å². The standard InChI is InChI=1S/C24H25N3OS/c1-25-24(28)23-22(19-8-4-6-10-21(19)29-23)16-11-12-27(14-16)15-17-13-26(2)20-9-5-3-7-18(17)20/h3-10,13,16H,11-12,14-15H2,1-2H3,(H,25,28)/t16-/m1/s1. The summed E-state index contributed by atoms with van der Waals surface area (Å²) in [5.74, 6) is 0.433. The Morgan fingerprint density at radius 2 is 1.90 bits per heavy atom. The minimum atomic E-state index is 0.0358. The largest absolute Gasteiger partial charge is 0.354 e. The zero-order valence-electron chi connectivity index (χ0n) is 16.8. The quantitative estimate of drug-likeness (QED) is 0.534. The second-order valence-electron chi connectivity index (χ2n) is 7.92. The van der Waals surface area contributed by atoms with Gasteiger partial charge in [0.05, 0.1) is 4.88 Å². The molecule has 1 aliphatic heterocycles. The third kappa shape index (κ3) is 3.15. The maximum absolute atomic E-state index is 12.6. The lowest BCUT2D eigenvalue weighted by atomic mass is 9.95. The molecular formula is C24H25N3OS. The van der Waals surface area contributed by atoms with E-state index in [4.69, 9.17) is 0 Å². The number of carbonyl (C=O) groups is 1. The SMILES string of the molecule is CNC(=O)c1sc2ccccc2c1[C@@H]1CCN(Cc2cn(C)c3ccccc23)C1. The van der Waals surface area contributed by atoms with Crippen LogP contribution in [0.2, 0.25) is 0 Å². The van der Waals surface area contributed by atoms with Crippen LogP contribution < -0.4 is 5.32 Å². The Morgan fingerprint density at radius 3 is 2.72 bits per heavy atom. The van der Waals surface area contributed by atoms with Gasteiger partial charge in [0.1, 0.15) is 0 Å². The van der Waals surface area contributed by atoms with Gasteiger partial charge < -0.3 is 9.88 Å². The molecule has 3 heterocycles. The van der Waals surface area contributed by atoms with Gasteiger partial charge >= 0.3 is 0 Å². The monoisotopic (exact) mass is 403 g/mol. The molecule has 4 nitrogen and oxygen atoms in total. The molecule has 1 atom stereocenters. The van der Waals surface area contributed by atoms with Crippen LogP contribution in [0.4, 0.5) is 0 Å². The molecule has 5 rings (SSSR count). The first-order valence-electron chi connectivity index (χ1n) is 10.1. The van der Waals surface area contributed by atoms with Gasteiger partial charge in [-0.25, -0.2) is 0 Å². The Balaban J connectivity index is 1.44.